The third-order valence-corrected chi connectivity index (χ3v) is 2.20. The van der Waals surface area contributed by atoms with Crippen molar-refractivity contribution in [3.05, 3.63) is 47.0 Å². The summed E-state index contributed by atoms with van der Waals surface area (Å²) in [5.74, 6) is 0. The second-order valence-electron chi connectivity index (χ2n) is 2.84. The minimum Gasteiger partial charge on any atom is -0.388 e. The molecular weight excluding hydrogens is 184 g/mol. The van der Waals surface area contributed by atoms with Crippen LogP contribution in [-0.4, -0.2) is 5.11 Å². The van der Waals surface area contributed by atoms with Crippen LogP contribution in [0.5, 0.6) is 0 Å². The summed E-state index contributed by atoms with van der Waals surface area (Å²) in [6.45, 7) is 1.93. The van der Waals surface area contributed by atoms with Gasteiger partial charge in [0.25, 0.3) is 0 Å². The number of hydrogen-bond acceptors (Lipinski definition) is 1. The molecule has 1 rings (SSSR count). The highest BCUT2D eigenvalue weighted by atomic mass is 35.5. The average molecular weight is 197 g/mol. The molecule has 0 aromatic heterocycles. The number of allylic oxidation sites excluding steroid dienone is 1. The van der Waals surface area contributed by atoms with Crippen molar-refractivity contribution in [2.75, 3.05) is 0 Å². The van der Waals surface area contributed by atoms with Crippen molar-refractivity contribution in [2.45, 2.75) is 19.4 Å². The van der Waals surface area contributed by atoms with Crippen LogP contribution in [-0.2, 0) is 0 Å². The highest BCUT2D eigenvalue weighted by Gasteiger charge is 2.08. The minimum atomic E-state index is -0.495. The van der Waals surface area contributed by atoms with E-state index < -0.39 is 6.10 Å². The molecule has 13 heavy (non-hydrogen) atoms. The Morgan fingerprint density at radius 2 is 2.15 bits per heavy atom. The van der Waals surface area contributed by atoms with E-state index >= 15 is 0 Å². The van der Waals surface area contributed by atoms with Crippen LogP contribution in [0.25, 0.3) is 0 Å². The summed E-state index contributed by atoms with van der Waals surface area (Å²) in [5.41, 5.74) is 0.794. The fourth-order valence-electron chi connectivity index (χ4n) is 1.14. The average Bonchev–Trinajstić information content (AvgIpc) is 2.15. The van der Waals surface area contributed by atoms with Crippen LogP contribution in [0.3, 0.4) is 0 Å². The Balaban J connectivity index is 2.76. The molecule has 0 unspecified atom stereocenters. The lowest BCUT2D eigenvalue weighted by Crippen LogP contribution is -1.95. The van der Waals surface area contributed by atoms with Gasteiger partial charge in [-0.05, 0) is 25.0 Å². The normalized spacial score (nSPS) is 13.5. The van der Waals surface area contributed by atoms with Gasteiger partial charge in [0.2, 0.25) is 0 Å². The first-order valence-electron chi connectivity index (χ1n) is 4.29. The Hall–Kier alpha value is -0.790. The monoisotopic (exact) mass is 196 g/mol. The van der Waals surface area contributed by atoms with Gasteiger partial charge in [0, 0.05) is 5.02 Å². The standard InChI is InChI=1S/C11H13ClO/c1-2-3-8-11(13)9-6-4-5-7-10(9)12/h2-7,11,13H,8H2,1H3/t11-/m1/s1. The van der Waals surface area contributed by atoms with Gasteiger partial charge in [-0.2, -0.15) is 0 Å². The van der Waals surface area contributed by atoms with Crippen LogP contribution in [0.15, 0.2) is 36.4 Å². The molecule has 0 aliphatic carbocycles. The summed E-state index contributed by atoms with van der Waals surface area (Å²) < 4.78 is 0. The molecule has 0 saturated heterocycles. The van der Waals surface area contributed by atoms with Crippen molar-refractivity contribution >= 4 is 11.6 Å². The highest BCUT2D eigenvalue weighted by molar-refractivity contribution is 6.31. The first-order chi connectivity index (χ1) is 6.25. The molecule has 1 N–H and O–H groups in total. The van der Waals surface area contributed by atoms with Crippen LogP contribution < -0.4 is 0 Å². The molecule has 1 aromatic rings. The smallest absolute Gasteiger partial charge is 0.0838 e. The maximum absolute atomic E-state index is 9.70. The molecule has 0 bridgehead atoms. The molecule has 1 nitrogen and oxygen atoms in total. The molecule has 0 spiro atoms. The zero-order valence-corrected chi connectivity index (χ0v) is 8.33. The summed E-state index contributed by atoms with van der Waals surface area (Å²) >= 11 is 5.91. The Morgan fingerprint density at radius 3 is 2.77 bits per heavy atom. The van der Waals surface area contributed by atoms with E-state index in [4.69, 9.17) is 11.6 Å². The molecular formula is C11H13ClO. The maximum Gasteiger partial charge on any atom is 0.0838 e. The number of aliphatic hydroxyl groups excluding tert-OH is 1. The van der Waals surface area contributed by atoms with Gasteiger partial charge in [0.05, 0.1) is 6.10 Å². The first-order valence-corrected chi connectivity index (χ1v) is 4.67. The van der Waals surface area contributed by atoms with Crippen molar-refractivity contribution in [2.24, 2.45) is 0 Å². The predicted molar refractivity (Wildman–Crippen MR) is 55.8 cm³/mol. The van der Waals surface area contributed by atoms with Crippen LogP contribution in [0.4, 0.5) is 0 Å². The Morgan fingerprint density at radius 1 is 1.46 bits per heavy atom. The van der Waals surface area contributed by atoms with Crippen LogP contribution in [0.2, 0.25) is 5.02 Å². The molecule has 0 heterocycles. The van der Waals surface area contributed by atoms with Gasteiger partial charge in [-0.1, -0.05) is 42.0 Å². The molecule has 1 atom stereocenters. The molecule has 70 valence electrons. The highest BCUT2D eigenvalue weighted by Crippen LogP contribution is 2.24. The van der Waals surface area contributed by atoms with E-state index in [1.165, 1.54) is 0 Å². The van der Waals surface area contributed by atoms with E-state index in [2.05, 4.69) is 0 Å². The van der Waals surface area contributed by atoms with Gasteiger partial charge in [0.15, 0.2) is 0 Å². The summed E-state index contributed by atoms with van der Waals surface area (Å²) in [7, 11) is 0. The van der Waals surface area contributed by atoms with E-state index in [-0.39, 0.29) is 0 Å². The lowest BCUT2D eigenvalue weighted by Gasteiger charge is -2.09. The van der Waals surface area contributed by atoms with Gasteiger partial charge >= 0.3 is 0 Å². The molecule has 1 aromatic carbocycles. The third kappa shape index (κ3) is 2.87. The Labute approximate surface area is 83.7 Å². The van der Waals surface area contributed by atoms with Crippen molar-refractivity contribution < 1.29 is 5.11 Å². The van der Waals surface area contributed by atoms with Gasteiger partial charge in [-0.25, -0.2) is 0 Å². The van der Waals surface area contributed by atoms with Crippen LogP contribution in [0.1, 0.15) is 25.0 Å². The maximum atomic E-state index is 9.70. The van der Waals surface area contributed by atoms with Crippen molar-refractivity contribution in [3.63, 3.8) is 0 Å². The molecule has 0 aliphatic heterocycles. The number of benzene rings is 1. The molecule has 0 radical (unpaired) electrons. The van der Waals surface area contributed by atoms with Crippen molar-refractivity contribution in [1.82, 2.24) is 0 Å². The first kappa shape index (κ1) is 10.3. The fraction of sp³-hybridized carbons (Fsp3) is 0.273. The quantitative estimate of drug-likeness (QED) is 0.736. The van der Waals surface area contributed by atoms with E-state index in [1.807, 2.05) is 37.3 Å². The Kier molecular flexibility index (Phi) is 4.00. The fourth-order valence-corrected chi connectivity index (χ4v) is 1.40. The van der Waals surface area contributed by atoms with E-state index in [9.17, 15) is 5.11 Å². The second kappa shape index (κ2) is 5.05. The predicted octanol–water partition coefficient (Wildman–Crippen LogP) is 3.34. The number of hydrogen-bond donors (Lipinski definition) is 1. The summed E-state index contributed by atoms with van der Waals surface area (Å²) in [5, 5.41) is 10.3. The van der Waals surface area contributed by atoms with Crippen LogP contribution >= 0.6 is 11.6 Å². The van der Waals surface area contributed by atoms with Gasteiger partial charge in [0.1, 0.15) is 0 Å². The summed E-state index contributed by atoms with van der Waals surface area (Å²) in [6.07, 6.45) is 3.96. The third-order valence-electron chi connectivity index (χ3n) is 1.86. The largest absolute Gasteiger partial charge is 0.388 e. The molecule has 0 aliphatic rings. The van der Waals surface area contributed by atoms with E-state index in [0.29, 0.717) is 11.4 Å². The SMILES string of the molecule is CC=CC[C@@H](O)c1ccccc1Cl. The lowest BCUT2D eigenvalue weighted by atomic mass is 10.1. The topological polar surface area (TPSA) is 20.2 Å². The summed E-state index contributed by atoms with van der Waals surface area (Å²) in [4.78, 5) is 0. The molecule has 0 amide bonds. The van der Waals surface area contributed by atoms with Crippen molar-refractivity contribution in [1.29, 1.82) is 0 Å². The van der Waals surface area contributed by atoms with Gasteiger partial charge < -0.3 is 5.11 Å². The molecule has 0 fully saturated rings. The number of halogens is 1. The second-order valence-corrected chi connectivity index (χ2v) is 3.25. The number of rotatable bonds is 3. The van der Waals surface area contributed by atoms with Crippen LogP contribution in [0, 0.1) is 0 Å². The Bertz CT molecular complexity index is 294. The zero-order chi connectivity index (χ0) is 9.68. The van der Waals surface area contributed by atoms with E-state index in [1.54, 1.807) is 6.07 Å². The molecule has 0 saturated carbocycles. The lowest BCUT2D eigenvalue weighted by molar-refractivity contribution is 0.181. The summed E-state index contributed by atoms with van der Waals surface area (Å²) in [6, 6.07) is 7.36. The zero-order valence-electron chi connectivity index (χ0n) is 7.57. The number of aliphatic hydroxyl groups is 1. The van der Waals surface area contributed by atoms with Crippen molar-refractivity contribution in [3.8, 4) is 0 Å². The minimum absolute atomic E-state index is 0.495. The molecule has 2 heteroatoms. The van der Waals surface area contributed by atoms with Gasteiger partial charge in [-0.3, -0.25) is 0 Å². The van der Waals surface area contributed by atoms with Gasteiger partial charge in [-0.15, -0.1) is 0 Å². The van der Waals surface area contributed by atoms with E-state index in [0.717, 1.165) is 5.56 Å².